The molecule has 1 rings (SSSR count). The fourth-order valence-electron chi connectivity index (χ4n) is 2.07. The average molecular weight is 364 g/mol. The molecule has 0 bridgehead atoms. The van der Waals surface area contributed by atoms with E-state index in [4.69, 9.17) is 21.7 Å². The molecule has 0 saturated heterocycles. The predicted molar refractivity (Wildman–Crippen MR) is 109 cm³/mol. The van der Waals surface area contributed by atoms with E-state index >= 15 is 0 Å². The molecule has 0 saturated carbocycles. The molecular weight excluding hydrogens is 334 g/mol. The van der Waals surface area contributed by atoms with E-state index in [1.165, 1.54) is 19.3 Å². The minimum Gasteiger partial charge on any atom is -0.490 e. The lowest BCUT2D eigenvalue weighted by Gasteiger charge is -2.12. The number of nitrogens with zero attached hydrogens (tertiary/aromatic N) is 1. The molecule has 1 aromatic rings. The fraction of sp³-hybridized carbons (Fsp3) is 0.474. The average Bonchev–Trinajstić information content (AvgIpc) is 2.61. The highest BCUT2D eigenvalue weighted by molar-refractivity contribution is 7.80. The fourth-order valence-corrected chi connectivity index (χ4v) is 2.21. The minimum absolute atomic E-state index is 0.452. The Balaban J connectivity index is 2.59. The van der Waals surface area contributed by atoms with E-state index in [2.05, 4.69) is 29.3 Å². The van der Waals surface area contributed by atoms with Crippen LogP contribution in [-0.4, -0.2) is 31.1 Å². The van der Waals surface area contributed by atoms with Gasteiger partial charge in [-0.2, -0.15) is 5.10 Å². The smallest absolute Gasteiger partial charge is 0.187 e. The van der Waals surface area contributed by atoms with Crippen LogP contribution >= 0.6 is 12.2 Å². The Morgan fingerprint density at radius 3 is 2.76 bits per heavy atom. The summed E-state index contributed by atoms with van der Waals surface area (Å²) in [5.41, 5.74) is 3.66. The summed E-state index contributed by atoms with van der Waals surface area (Å²) >= 11 is 5.07. The van der Waals surface area contributed by atoms with Crippen LogP contribution in [0.3, 0.4) is 0 Å². The molecule has 0 aliphatic rings. The maximum Gasteiger partial charge on any atom is 0.187 e. The third-order valence-corrected chi connectivity index (χ3v) is 3.55. The largest absolute Gasteiger partial charge is 0.490 e. The van der Waals surface area contributed by atoms with E-state index in [9.17, 15) is 0 Å². The molecule has 25 heavy (non-hydrogen) atoms. The van der Waals surface area contributed by atoms with Gasteiger partial charge in [0, 0.05) is 6.54 Å². The molecule has 0 fully saturated rings. The van der Waals surface area contributed by atoms with Crippen LogP contribution in [0.1, 0.15) is 45.1 Å². The van der Waals surface area contributed by atoms with Crippen LogP contribution < -0.4 is 20.2 Å². The van der Waals surface area contributed by atoms with Gasteiger partial charge in [0.1, 0.15) is 0 Å². The molecule has 2 N–H and O–H groups in total. The number of hydrogen-bond donors (Lipinski definition) is 2. The number of nitrogens with one attached hydrogen (secondary N) is 2. The van der Waals surface area contributed by atoms with Gasteiger partial charge in [-0.25, -0.2) is 0 Å². The lowest BCUT2D eigenvalue weighted by molar-refractivity contribution is 0.270. The van der Waals surface area contributed by atoms with Crippen molar-refractivity contribution in [3.05, 3.63) is 36.4 Å². The third-order valence-electron chi connectivity index (χ3n) is 3.31. The highest BCUT2D eigenvalue weighted by Crippen LogP contribution is 2.28. The number of thiocarbonyl (C=S) groups is 1. The van der Waals surface area contributed by atoms with Crippen LogP contribution in [0.2, 0.25) is 0 Å². The molecule has 6 heteroatoms. The van der Waals surface area contributed by atoms with Gasteiger partial charge in [0.2, 0.25) is 0 Å². The zero-order valence-electron chi connectivity index (χ0n) is 15.2. The van der Waals surface area contributed by atoms with Crippen molar-refractivity contribution in [3.63, 3.8) is 0 Å². The van der Waals surface area contributed by atoms with E-state index < -0.39 is 0 Å². The topological polar surface area (TPSA) is 54.9 Å². The minimum atomic E-state index is 0.452. The number of ether oxygens (including phenoxy) is 2. The lowest BCUT2D eigenvalue weighted by atomic mass is 10.2. The SMILES string of the molecule is C=CCNC(=S)N/N=C\c1ccc(OCCCCCC)c(OCC)c1. The summed E-state index contributed by atoms with van der Waals surface area (Å²) in [6.45, 7) is 9.66. The van der Waals surface area contributed by atoms with Crippen molar-refractivity contribution in [2.24, 2.45) is 5.10 Å². The molecular formula is C19H29N3O2S. The number of benzene rings is 1. The summed E-state index contributed by atoms with van der Waals surface area (Å²) in [4.78, 5) is 0. The van der Waals surface area contributed by atoms with Crippen LogP contribution in [-0.2, 0) is 0 Å². The van der Waals surface area contributed by atoms with Crippen molar-refractivity contribution in [1.29, 1.82) is 0 Å². The van der Waals surface area contributed by atoms with Gasteiger partial charge >= 0.3 is 0 Å². The second-order valence-corrected chi connectivity index (χ2v) is 5.83. The zero-order valence-corrected chi connectivity index (χ0v) is 16.0. The molecule has 1 aromatic carbocycles. The lowest BCUT2D eigenvalue weighted by Crippen LogP contribution is -2.31. The molecule has 0 aliphatic carbocycles. The normalized spacial score (nSPS) is 10.5. The van der Waals surface area contributed by atoms with Gasteiger partial charge < -0.3 is 14.8 Å². The summed E-state index contributed by atoms with van der Waals surface area (Å²) in [6.07, 6.45) is 8.13. The molecule has 0 amide bonds. The second kappa shape index (κ2) is 13.2. The summed E-state index contributed by atoms with van der Waals surface area (Å²) in [5, 5.41) is 7.50. The van der Waals surface area contributed by atoms with E-state index in [0.717, 1.165) is 23.5 Å². The molecule has 138 valence electrons. The summed E-state index contributed by atoms with van der Waals surface area (Å²) in [5.74, 6) is 1.50. The Labute approximate surface area is 156 Å². The Morgan fingerprint density at radius 1 is 1.20 bits per heavy atom. The third kappa shape index (κ3) is 9.10. The number of unbranched alkanes of at least 4 members (excludes halogenated alkanes) is 3. The quantitative estimate of drug-likeness (QED) is 0.193. The van der Waals surface area contributed by atoms with Crippen molar-refractivity contribution in [3.8, 4) is 11.5 Å². The van der Waals surface area contributed by atoms with E-state index in [-0.39, 0.29) is 0 Å². The summed E-state index contributed by atoms with van der Waals surface area (Å²) in [7, 11) is 0. The first-order chi connectivity index (χ1) is 12.2. The first-order valence-corrected chi connectivity index (χ1v) is 9.19. The number of rotatable bonds is 12. The van der Waals surface area contributed by atoms with Gasteiger partial charge in [0.15, 0.2) is 16.6 Å². The van der Waals surface area contributed by atoms with Crippen LogP contribution in [0.15, 0.2) is 36.0 Å². The van der Waals surface area contributed by atoms with Gasteiger partial charge in [-0.05, 0) is 49.3 Å². The molecule has 0 unspecified atom stereocenters. The molecule has 0 aromatic heterocycles. The zero-order chi connectivity index (χ0) is 18.3. The van der Waals surface area contributed by atoms with Crippen molar-refractivity contribution in [1.82, 2.24) is 10.7 Å². The van der Waals surface area contributed by atoms with Gasteiger partial charge in [-0.15, -0.1) is 6.58 Å². The van der Waals surface area contributed by atoms with E-state index in [1.807, 2.05) is 25.1 Å². The summed E-state index contributed by atoms with van der Waals surface area (Å²) in [6, 6.07) is 5.77. The first kappa shape index (κ1) is 21.0. The monoisotopic (exact) mass is 363 g/mol. The number of hydrogen-bond acceptors (Lipinski definition) is 4. The maximum atomic E-state index is 5.85. The molecule has 0 spiro atoms. The van der Waals surface area contributed by atoms with E-state index in [0.29, 0.717) is 24.9 Å². The first-order valence-electron chi connectivity index (χ1n) is 8.78. The van der Waals surface area contributed by atoms with Crippen LogP contribution in [0, 0.1) is 0 Å². The Morgan fingerprint density at radius 2 is 2.04 bits per heavy atom. The van der Waals surface area contributed by atoms with Gasteiger partial charge in [-0.3, -0.25) is 5.43 Å². The van der Waals surface area contributed by atoms with Crippen molar-refractivity contribution >= 4 is 23.5 Å². The number of hydrazone groups is 1. The predicted octanol–water partition coefficient (Wildman–Crippen LogP) is 4.03. The second-order valence-electron chi connectivity index (χ2n) is 5.42. The Hall–Kier alpha value is -2.08. The van der Waals surface area contributed by atoms with Gasteiger partial charge in [-0.1, -0.05) is 32.3 Å². The molecule has 0 aliphatic heterocycles. The Bertz CT molecular complexity index is 562. The van der Waals surface area contributed by atoms with Crippen LogP contribution in [0.25, 0.3) is 0 Å². The van der Waals surface area contributed by atoms with Gasteiger partial charge in [0.05, 0.1) is 19.4 Å². The van der Waals surface area contributed by atoms with Crippen molar-refractivity contribution < 1.29 is 9.47 Å². The Kier molecular flexibility index (Phi) is 11.1. The summed E-state index contributed by atoms with van der Waals surface area (Å²) < 4.78 is 11.5. The van der Waals surface area contributed by atoms with Crippen LogP contribution in [0.4, 0.5) is 0 Å². The standard InChI is InChI=1S/C19H29N3O2S/c1-4-7-8-9-13-24-17-11-10-16(14-18(17)23-6-3)15-21-22-19(25)20-12-5-2/h5,10-11,14-15H,2,4,6-9,12-13H2,1,3H3,(H2,20,22,25)/b21-15-. The highest BCUT2D eigenvalue weighted by atomic mass is 32.1. The van der Waals surface area contributed by atoms with Crippen LogP contribution in [0.5, 0.6) is 11.5 Å². The van der Waals surface area contributed by atoms with Gasteiger partial charge in [0.25, 0.3) is 0 Å². The van der Waals surface area contributed by atoms with Crippen molar-refractivity contribution in [2.45, 2.75) is 39.5 Å². The molecule has 5 nitrogen and oxygen atoms in total. The highest BCUT2D eigenvalue weighted by Gasteiger charge is 2.06. The maximum absolute atomic E-state index is 5.85. The molecule has 0 atom stereocenters. The van der Waals surface area contributed by atoms with Crippen molar-refractivity contribution in [2.75, 3.05) is 19.8 Å². The molecule has 0 heterocycles. The molecule has 0 radical (unpaired) electrons. The van der Waals surface area contributed by atoms with E-state index in [1.54, 1.807) is 12.3 Å².